The summed E-state index contributed by atoms with van der Waals surface area (Å²) >= 11 is 3.10. The summed E-state index contributed by atoms with van der Waals surface area (Å²) in [6.45, 7) is 0.774. The Morgan fingerprint density at radius 3 is 2.56 bits per heavy atom. The molecular formula is C11H14BrF2NO. The zero-order valence-electron chi connectivity index (χ0n) is 8.77. The van der Waals surface area contributed by atoms with Gasteiger partial charge in [-0.1, -0.05) is 0 Å². The van der Waals surface area contributed by atoms with Crippen molar-refractivity contribution in [3.8, 4) is 0 Å². The predicted molar refractivity (Wildman–Crippen MR) is 63.5 cm³/mol. The highest BCUT2D eigenvalue weighted by molar-refractivity contribution is 9.10. The fourth-order valence-corrected chi connectivity index (χ4v) is 1.89. The minimum absolute atomic E-state index is 0.175. The average molecular weight is 294 g/mol. The van der Waals surface area contributed by atoms with Gasteiger partial charge < -0.3 is 10.4 Å². The summed E-state index contributed by atoms with van der Waals surface area (Å²) in [5.74, 6) is -1.20. The van der Waals surface area contributed by atoms with Crippen LogP contribution in [0, 0.1) is 11.6 Å². The molecule has 0 saturated heterocycles. The number of aliphatic hydroxyl groups excluding tert-OH is 1. The van der Waals surface area contributed by atoms with Gasteiger partial charge in [0, 0.05) is 23.7 Å². The zero-order valence-corrected chi connectivity index (χ0v) is 10.4. The molecule has 90 valence electrons. The van der Waals surface area contributed by atoms with Crippen LogP contribution in [0.3, 0.4) is 0 Å². The number of halogens is 3. The van der Waals surface area contributed by atoms with Gasteiger partial charge in [-0.3, -0.25) is 0 Å². The van der Waals surface area contributed by atoms with Gasteiger partial charge in [0.25, 0.3) is 0 Å². The van der Waals surface area contributed by atoms with Crippen molar-refractivity contribution in [2.75, 3.05) is 18.5 Å². The summed E-state index contributed by atoms with van der Waals surface area (Å²) in [6.07, 6.45) is 2.46. The summed E-state index contributed by atoms with van der Waals surface area (Å²) in [7, 11) is 0. The molecule has 16 heavy (non-hydrogen) atoms. The minimum atomic E-state index is -0.603. The van der Waals surface area contributed by atoms with Crippen molar-refractivity contribution in [1.82, 2.24) is 0 Å². The van der Waals surface area contributed by atoms with Crippen LogP contribution in [0.4, 0.5) is 14.5 Å². The molecule has 0 saturated carbocycles. The number of rotatable bonds is 6. The smallest absolute Gasteiger partial charge is 0.150 e. The monoisotopic (exact) mass is 293 g/mol. The van der Waals surface area contributed by atoms with Gasteiger partial charge in [0.05, 0.1) is 5.69 Å². The normalized spacial score (nSPS) is 10.5. The van der Waals surface area contributed by atoms with Gasteiger partial charge in [0.2, 0.25) is 0 Å². The lowest BCUT2D eigenvalue weighted by atomic mass is 10.2. The van der Waals surface area contributed by atoms with Crippen molar-refractivity contribution in [3.05, 3.63) is 28.2 Å². The summed E-state index contributed by atoms with van der Waals surface area (Å²) in [4.78, 5) is 0. The van der Waals surface area contributed by atoms with Gasteiger partial charge in [-0.25, -0.2) is 8.78 Å². The molecule has 0 fully saturated rings. The highest BCUT2D eigenvalue weighted by Gasteiger charge is 2.08. The Kier molecular flexibility index (Phi) is 5.69. The highest BCUT2D eigenvalue weighted by Crippen LogP contribution is 2.26. The molecule has 0 aliphatic heterocycles. The maximum Gasteiger partial charge on any atom is 0.150 e. The Balaban J connectivity index is 2.47. The number of nitrogens with one attached hydrogen (secondary N) is 1. The molecule has 0 unspecified atom stereocenters. The molecular weight excluding hydrogens is 280 g/mol. The topological polar surface area (TPSA) is 32.3 Å². The molecule has 2 nitrogen and oxygen atoms in total. The van der Waals surface area contributed by atoms with Crippen LogP contribution in [0.15, 0.2) is 16.6 Å². The third-order valence-corrected chi connectivity index (χ3v) is 2.77. The second kappa shape index (κ2) is 6.81. The molecule has 0 aliphatic carbocycles. The molecule has 0 bridgehead atoms. The van der Waals surface area contributed by atoms with E-state index in [4.69, 9.17) is 5.11 Å². The van der Waals surface area contributed by atoms with E-state index in [-0.39, 0.29) is 12.3 Å². The molecule has 0 spiro atoms. The van der Waals surface area contributed by atoms with E-state index in [1.807, 2.05) is 0 Å². The Labute approximate surface area is 102 Å². The fourth-order valence-electron chi connectivity index (χ4n) is 1.34. The third kappa shape index (κ3) is 4.06. The summed E-state index contributed by atoms with van der Waals surface area (Å²) in [5, 5.41) is 11.5. The maximum atomic E-state index is 13.3. The molecule has 1 aromatic carbocycles. The van der Waals surface area contributed by atoms with Crippen LogP contribution >= 0.6 is 15.9 Å². The first kappa shape index (κ1) is 13.4. The summed E-state index contributed by atoms with van der Waals surface area (Å²) < 4.78 is 26.5. The maximum absolute atomic E-state index is 13.3. The number of hydrogen-bond acceptors (Lipinski definition) is 2. The van der Waals surface area contributed by atoms with Crippen molar-refractivity contribution in [2.24, 2.45) is 0 Å². The highest BCUT2D eigenvalue weighted by atomic mass is 79.9. The molecule has 0 aromatic heterocycles. The van der Waals surface area contributed by atoms with Gasteiger partial charge in [-0.2, -0.15) is 0 Å². The number of unbranched alkanes of at least 4 members (excludes halogenated alkanes) is 2. The van der Waals surface area contributed by atoms with Gasteiger partial charge in [-0.05, 0) is 41.3 Å². The van der Waals surface area contributed by atoms with Crippen LogP contribution in [0.2, 0.25) is 0 Å². The Bertz CT molecular complexity index is 324. The molecule has 1 aromatic rings. The lowest BCUT2D eigenvalue weighted by Gasteiger charge is -2.09. The fraction of sp³-hybridized carbons (Fsp3) is 0.455. The predicted octanol–water partition coefficient (Wildman–Crippen LogP) is 3.30. The minimum Gasteiger partial charge on any atom is -0.396 e. The molecule has 0 radical (unpaired) electrons. The van der Waals surface area contributed by atoms with Crippen molar-refractivity contribution < 1.29 is 13.9 Å². The lowest BCUT2D eigenvalue weighted by Crippen LogP contribution is -2.05. The van der Waals surface area contributed by atoms with Gasteiger partial charge >= 0.3 is 0 Å². The van der Waals surface area contributed by atoms with Gasteiger partial charge in [0.1, 0.15) is 11.6 Å². The zero-order chi connectivity index (χ0) is 12.0. The first-order valence-electron chi connectivity index (χ1n) is 5.14. The largest absolute Gasteiger partial charge is 0.396 e. The van der Waals surface area contributed by atoms with Crippen LogP contribution < -0.4 is 5.32 Å². The van der Waals surface area contributed by atoms with E-state index in [1.165, 1.54) is 6.07 Å². The first-order valence-corrected chi connectivity index (χ1v) is 5.93. The Morgan fingerprint density at radius 2 is 1.94 bits per heavy atom. The molecule has 5 heteroatoms. The quantitative estimate of drug-likeness (QED) is 0.789. The Hall–Kier alpha value is -0.680. The van der Waals surface area contributed by atoms with E-state index in [9.17, 15) is 8.78 Å². The van der Waals surface area contributed by atoms with Crippen LogP contribution in [-0.2, 0) is 0 Å². The summed E-state index contributed by atoms with van der Waals surface area (Å²) in [6, 6.07) is 2.07. The van der Waals surface area contributed by atoms with Crippen molar-refractivity contribution in [1.29, 1.82) is 0 Å². The van der Waals surface area contributed by atoms with Gasteiger partial charge in [-0.15, -0.1) is 0 Å². The Morgan fingerprint density at radius 1 is 1.19 bits per heavy atom. The van der Waals surface area contributed by atoms with Crippen molar-refractivity contribution in [3.63, 3.8) is 0 Å². The molecule has 1 rings (SSSR count). The number of aliphatic hydroxyl groups is 1. The average Bonchev–Trinajstić information content (AvgIpc) is 2.20. The van der Waals surface area contributed by atoms with E-state index >= 15 is 0 Å². The van der Waals surface area contributed by atoms with Crippen LogP contribution in [0.5, 0.6) is 0 Å². The van der Waals surface area contributed by atoms with Crippen molar-refractivity contribution in [2.45, 2.75) is 19.3 Å². The SMILES string of the molecule is OCCCCCNc1c(F)cc(F)cc1Br. The molecule has 0 heterocycles. The van der Waals surface area contributed by atoms with Gasteiger partial charge in [0.15, 0.2) is 0 Å². The molecule has 2 N–H and O–H groups in total. The van der Waals surface area contributed by atoms with Crippen LogP contribution in [0.1, 0.15) is 19.3 Å². The first-order chi connectivity index (χ1) is 7.65. The molecule has 0 atom stereocenters. The number of anilines is 1. The van der Waals surface area contributed by atoms with E-state index in [0.717, 1.165) is 25.3 Å². The van der Waals surface area contributed by atoms with E-state index in [2.05, 4.69) is 21.2 Å². The molecule has 0 amide bonds. The van der Waals surface area contributed by atoms with Crippen LogP contribution in [-0.4, -0.2) is 18.3 Å². The number of benzene rings is 1. The van der Waals surface area contributed by atoms with Crippen molar-refractivity contribution >= 4 is 21.6 Å². The number of hydrogen-bond donors (Lipinski definition) is 2. The summed E-state index contributed by atoms with van der Waals surface area (Å²) in [5.41, 5.74) is 0.283. The van der Waals surface area contributed by atoms with E-state index in [1.54, 1.807) is 0 Å². The lowest BCUT2D eigenvalue weighted by molar-refractivity contribution is 0.283. The van der Waals surface area contributed by atoms with E-state index < -0.39 is 11.6 Å². The second-order valence-electron chi connectivity index (χ2n) is 3.46. The van der Waals surface area contributed by atoms with Crippen LogP contribution in [0.25, 0.3) is 0 Å². The molecule has 0 aliphatic rings. The standard InChI is InChI=1S/C11H14BrF2NO/c12-9-6-8(13)7-10(14)11(9)15-4-2-1-3-5-16/h6-7,15-16H,1-5H2. The van der Waals surface area contributed by atoms with E-state index in [0.29, 0.717) is 11.0 Å². The third-order valence-electron chi connectivity index (χ3n) is 2.14. The second-order valence-corrected chi connectivity index (χ2v) is 4.31.